The molecule has 0 saturated heterocycles. The zero-order chi connectivity index (χ0) is 13.7. The average Bonchev–Trinajstić information content (AvgIpc) is 2.98. The molecule has 1 aromatic carbocycles. The summed E-state index contributed by atoms with van der Waals surface area (Å²) in [6.07, 6.45) is 4.72. The van der Waals surface area contributed by atoms with Crippen LogP contribution in [0.3, 0.4) is 0 Å². The summed E-state index contributed by atoms with van der Waals surface area (Å²) in [5.74, 6) is 5.86. The Hall–Kier alpha value is -1.79. The van der Waals surface area contributed by atoms with Crippen molar-refractivity contribution in [2.24, 2.45) is 5.73 Å². The normalized spacial score (nSPS) is 14.8. The number of carbonyl (C=O) groups excluding carboxylic acids is 1. The predicted octanol–water partition coefficient (Wildman–Crippen LogP) is 2.01. The van der Waals surface area contributed by atoms with Gasteiger partial charge in [-0.05, 0) is 37.1 Å². The maximum absolute atomic E-state index is 12.3. The highest BCUT2D eigenvalue weighted by molar-refractivity contribution is 5.94. The first-order valence-electron chi connectivity index (χ1n) is 6.78. The Balaban J connectivity index is 2.06. The first-order valence-corrected chi connectivity index (χ1v) is 6.78. The molecule has 2 N–H and O–H groups in total. The average molecular weight is 256 g/mol. The zero-order valence-corrected chi connectivity index (χ0v) is 11.4. The molecule has 0 unspecified atom stereocenters. The van der Waals surface area contributed by atoms with Crippen LogP contribution in [0.15, 0.2) is 24.3 Å². The third-order valence-corrected chi connectivity index (χ3v) is 3.66. The molecule has 0 radical (unpaired) electrons. The second-order valence-corrected chi connectivity index (χ2v) is 4.94. The van der Waals surface area contributed by atoms with Gasteiger partial charge in [-0.3, -0.25) is 4.79 Å². The quantitative estimate of drug-likeness (QED) is 0.823. The number of benzene rings is 1. The van der Waals surface area contributed by atoms with Crippen molar-refractivity contribution in [3.63, 3.8) is 0 Å². The predicted molar refractivity (Wildman–Crippen MR) is 76.7 cm³/mol. The number of rotatable bonds is 2. The summed E-state index contributed by atoms with van der Waals surface area (Å²) in [5, 5.41) is 0. The Morgan fingerprint density at radius 1 is 1.32 bits per heavy atom. The molecule has 1 amide bonds. The van der Waals surface area contributed by atoms with Gasteiger partial charge in [-0.2, -0.15) is 0 Å². The molecule has 0 bridgehead atoms. The number of nitrogens with two attached hydrogens (primary N) is 1. The third-order valence-electron chi connectivity index (χ3n) is 3.66. The van der Waals surface area contributed by atoms with Crippen molar-refractivity contribution in [2.45, 2.75) is 31.7 Å². The van der Waals surface area contributed by atoms with Crippen LogP contribution in [-0.4, -0.2) is 30.4 Å². The molecule has 1 aromatic rings. The number of hydrogen-bond acceptors (Lipinski definition) is 2. The van der Waals surface area contributed by atoms with Crippen LogP contribution in [0.1, 0.15) is 41.6 Å². The van der Waals surface area contributed by atoms with Gasteiger partial charge in [-0.15, -0.1) is 0 Å². The first kappa shape index (κ1) is 13.6. The fourth-order valence-electron chi connectivity index (χ4n) is 2.51. The number of amides is 1. The molecule has 3 heteroatoms. The molecular weight excluding hydrogens is 236 g/mol. The van der Waals surface area contributed by atoms with Gasteiger partial charge in [0, 0.05) is 24.2 Å². The molecule has 0 heterocycles. The Kier molecular flexibility index (Phi) is 4.59. The standard InChI is InChI=1S/C16H20N2O/c1-18(15-6-2-3-7-15)16(19)14-10-8-13(9-11-14)5-4-12-17/h8-11,15H,2-3,6-7,12,17H2,1H3. The third kappa shape index (κ3) is 3.36. The van der Waals surface area contributed by atoms with Crippen molar-refractivity contribution in [3.8, 4) is 11.8 Å². The molecular formula is C16H20N2O. The number of carbonyl (C=O) groups is 1. The van der Waals surface area contributed by atoms with Crippen LogP contribution in [0.5, 0.6) is 0 Å². The highest BCUT2D eigenvalue weighted by atomic mass is 16.2. The van der Waals surface area contributed by atoms with Crippen LogP contribution >= 0.6 is 0 Å². The SMILES string of the molecule is CN(C(=O)c1ccc(C#CCN)cc1)C1CCCC1. The Morgan fingerprint density at radius 2 is 1.95 bits per heavy atom. The van der Waals surface area contributed by atoms with Gasteiger partial charge in [0.05, 0.1) is 6.54 Å². The smallest absolute Gasteiger partial charge is 0.253 e. The van der Waals surface area contributed by atoms with Crippen molar-refractivity contribution in [1.82, 2.24) is 4.90 Å². The maximum Gasteiger partial charge on any atom is 0.253 e. The van der Waals surface area contributed by atoms with Crippen molar-refractivity contribution in [2.75, 3.05) is 13.6 Å². The largest absolute Gasteiger partial charge is 0.339 e. The van der Waals surface area contributed by atoms with Gasteiger partial charge in [0.2, 0.25) is 0 Å². The van der Waals surface area contributed by atoms with E-state index in [0.29, 0.717) is 12.6 Å². The molecule has 0 atom stereocenters. The Morgan fingerprint density at radius 3 is 2.53 bits per heavy atom. The lowest BCUT2D eigenvalue weighted by atomic mass is 10.1. The fourth-order valence-corrected chi connectivity index (χ4v) is 2.51. The molecule has 1 saturated carbocycles. The van der Waals surface area contributed by atoms with Crippen LogP contribution in [-0.2, 0) is 0 Å². The second kappa shape index (κ2) is 6.40. The Bertz CT molecular complexity index is 490. The monoisotopic (exact) mass is 256 g/mol. The van der Waals surface area contributed by atoms with Gasteiger partial charge in [-0.1, -0.05) is 24.7 Å². The number of hydrogen-bond donors (Lipinski definition) is 1. The summed E-state index contributed by atoms with van der Waals surface area (Å²) in [4.78, 5) is 14.2. The van der Waals surface area contributed by atoms with Gasteiger partial charge in [0.15, 0.2) is 0 Å². The van der Waals surface area contributed by atoms with E-state index in [1.165, 1.54) is 12.8 Å². The van der Waals surface area contributed by atoms with E-state index in [1.54, 1.807) is 0 Å². The second-order valence-electron chi connectivity index (χ2n) is 4.94. The van der Waals surface area contributed by atoms with Gasteiger partial charge < -0.3 is 10.6 Å². The van der Waals surface area contributed by atoms with Gasteiger partial charge >= 0.3 is 0 Å². The van der Waals surface area contributed by atoms with E-state index in [1.807, 2.05) is 36.2 Å². The minimum absolute atomic E-state index is 0.102. The summed E-state index contributed by atoms with van der Waals surface area (Å²) in [7, 11) is 1.90. The van der Waals surface area contributed by atoms with E-state index >= 15 is 0 Å². The molecule has 0 aromatic heterocycles. The number of nitrogens with zero attached hydrogens (tertiary/aromatic N) is 1. The molecule has 19 heavy (non-hydrogen) atoms. The minimum Gasteiger partial charge on any atom is -0.339 e. The zero-order valence-electron chi connectivity index (χ0n) is 11.4. The summed E-state index contributed by atoms with van der Waals surface area (Å²) >= 11 is 0. The topological polar surface area (TPSA) is 46.3 Å². The lowest BCUT2D eigenvalue weighted by molar-refractivity contribution is 0.0735. The molecule has 1 aliphatic rings. The summed E-state index contributed by atoms with van der Waals surface area (Å²) in [6.45, 7) is 0.352. The van der Waals surface area contributed by atoms with Gasteiger partial charge in [-0.25, -0.2) is 0 Å². The molecule has 100 valence electrons. The lowest BCUT2D eigenvalue weighted by Gasteiger charge is -2.24. The van der Waals surface area contributed by atoms with E-state index in [0.717, 1.165) is 24.0 Å². The fraction of sp³-hybridized carbons (Fsp3) is 0.438. The van der Waals surface area contributed by atoms with E-state index in [-0.39, 0.29) is 5.91 Å². The molecule has 1 fully saturated rings. The van der Waals surface area contributed by atoms with E-state index in [2.05, 4.69) is 11.8 Å². The molecule has 0 spiro atoms. The van der Waals surface area contributed by atoms with Crippen molar-refractivity contribution in [3.05, 3.63) is 35.4 Å². The van der Waals surface area contributed by atoms with Crippen molar-refractivity contribution >= 4 is 5.91 Å². The van der Waals surface area contributed by atoms with Crippen LogP contribution in [0, 0.1) is 11.8 Å². The first-order chi connectivity index (χ1) is 9.22. The van der Waals surface area contributed by atoms with Gasteiger partial charge in [0.1, 0.15) is 0 Å². The summed E-state index contributed by atoms with van der Waals surface area (Å²) in [6, 6.07) is 7.84. The minimum atomic E-state index is 0.102. The van der Waals surface area contributed by atoms with E-state index < -0.39 is 0 Å². The van der Waals surface area contributed by atoms with Gasteiger partial charge in [0.25, 0.3) is 5.91 Å². The molecule has 2 rings (SSSR count). The van der Waals surface area contributed by atoms with Crippen LogP contribution in [0.4, 0.5) is 0 Å². The highest BCUT2D eigenvalue weighted by Gasteiger charge is 2.23. The molecule has 0 aliphatic heterocycles. The molecule has 1 aliphatic carbocycles. The summed E-state index contributed by atoms with van der Waals surface area (Å²) < 4.78 is 0. The van der Waals surface area contributed by atoms with Crippen LogP contribution in [0.25, 0.3) is 0 Å². The maximum atomic E-state index is 12.3. The van der Waals surface area contributed by atoms with Crippen molar-refractivity contribution in [1.29, 1.82) is 0 Å². The van der Waals surface area contributed by atoms with Crippen LogP contribution in [0.2, 0.25) is 0 Å². The molecule has 3 nitrogen and oxygen atoms in total. The lowest BCUT2D eigenvalue weighted by Crippen LogP contribution is -2.35. The summed E-state index contributed by atoms with van der Waals surface area (Å²) in [5.41, 5.74) is 6.95. The van der Waals surface area contributed by atoms with E-state index in [9.17, 15) is 4.79 Å². The van der Waals surface area contributed by atoms with E-state index in [4.69, 9.17) is 5.73 Å². The van der Waals surface area contributed by atoms with Crippen molar-refractivity contribution < 1.29 is 4.79 Å². The Labute approximate surface area is 114 Å². The van der Waals surface area contributed by atoms with Crippen LogP contribution < -0.4 is 5.73 Å². The highest BCUT2D eigenvalue weighted by Crippen LogP contribution is 2.23.